The third-order valence-electron chi connectivity index (χ3n) is 4.42. The van der Waals surface area contributed by atoms with Gasteiger partial charge in [0.15, 0.2) is 5.82 Å². The minimum atomic E-state index is 0.501. The molecule has 0 amide bonds. The molecule has 2 fully saturated rings. The molecular weight excluding hydrogens is 226 g/mol. The summed E-state index contributed by atoms with van der Waals surface area (Å²) in [5.41, 5.74) is 8.01. The van der Waals surface area contributed by atoms with E-state index in [-0.39, 0.29) is 0 Å². The van der Waals surface area contributed by atoms with Crippen LogP contribution < -0.4 is 5.73 Å². The number of nitrogen functional groups attached to an aromatic ring is 1. The molecule has 0 aromatic carbocycles. The summed E-state index contributed by atoms with van der Waals surface area (Å²) in [6.07, 6.45) is 7.57. The van der Waals surface area contributed by atoms with Crippen LogP contribution >= 0.6 is 0 Å². The fourth-order valence-electron chi connectivity index (χ4n) is 3.56. The molecule has 4 heteroatoms. The minimum Gasteiger partial charge on any atom is -0.380 e. The summed E-state index contributed by atoms with van der Waals surface area (Å²) in [6, 6.07) is 3.93. The summed E-state index contributed by atoms with van der Waals surface area (Å²) in [5.74, 6) is 3.65. The Morgan fingerprint density at radius 1 is 1.17 bits per heavy atom. The van der Waals surface area contributed by atoms with Crippen molar-refractivity contribution < 1.29 is 4.52 Å². The number of hydrogen-bond acceptors (Lipinski definition) is 4. The fraction of sp³-hybridized carbons (Fsp3) is 0.429. The second kappa shape index (κ2) is 3.57. The second-order valence-corrected chi connectivity index (χ2v) is 5.33. The van der Waals surface area contributed by atoms with Gasteiger partial charge in [-0.1, -0.05) is 11.6 Å². The van der Waals surface area contributed by atoms with Gasteiger partial charge in [0.05, 0.1) is 5.56 Å². The number of nitrogens with zero attached hydrogens (tertiary/aromatic N) is 2. The highest BCUT2D eigenvalue weighted by atomic mass is 16.5. The first-order valence-corrected chi connectivity index (χ1v) is 6.51. The van der Waals surface area contributed by atoms with E-state index in [1.165, 1.54) is 19.3 Å². The van der Waals surface area contributed by atoms with Gasteiger partial charge in [0, 0.05) is 18.3 Å². The molecule has 4 nitrogen and oxygen atoms in total. The molecule has 2 heterocycles. The lowest BCUT2D eigenvalue weighted by atomic mass is 10.0. The Labute approximate surface area is 105 Å². The number of aromatic nitrogens is 2. The highest BCUT2D eigenvalue weighted by Gasteiger charge is 2.56. The summed E-state index contributed by atoms with van der Waals surface area (Å²) >= 11 is 0. The Morgan fingerprint density at radius 2 is 1.89 bits per heavy atom. The van der Waals surface area contributed by atoms with E-state index in [0.717, 1.165) is 28.7 Å². The van der Waals surface area contributed by atoms with E-state index in [1.807, 2.05) is 12.1 Å². The SMILES string of the molecule is Nc1noc(C2C3CCCC32)c1-c1ccncc1. The largest absolute Gasteiger partial charge is 0.380 e. The van der Waals surface area contributed by atoms with Crippen LogP contribution in [0.15, 0.2) is 29.0 Å². The molecule has 0 radical (unpaired) electrons. The lowest BCUT2D eigenvalue weighted by Gasteiger charge is -2.03. The predicted octanol–water partition coefficient (Wildman–Crippen LogP) is 2.83. The Bertz CT molecular complexity index is 568. The van der Waals surface area contributed by atoms with Gasteiger partial charge in [0.25, 0.3) is 0 Å². The highest BCUT2D eigenvalue weighted by Crippen LogP contribution is 2.64. The van der Waals surface area contributed by atoms with E-state index < -0.39 is 0 Å². The van der Waals surface area contributed by atoms with Crippen molar-refractivity contribution in [3.05, 3.63) is 30.3 Å². The average Bonchev–Trinajstić information content (AvgIpc) is 2.79. The molecule has 2 aliphatic rings. The normalized spacial score (nSPS) is 29.2. The zero-order valence-electron chi connectivity index (χ0n) is 10.0. The molecule has 2 aliphatic carbocycles. The standard InChI is InChI=1S/C14H15N3O/c15-14-11(8-4-6-16-7-5-8)13(18-17-14)12-9-2-1-3-10(9)12/h4-7,9-10,12H,1-3H2,(H2,15,17). The van der Waals surface area contributed by atoms with Crippen LogP contribution in [0, 0.1) is 11.8 Å². The van der Waals surface area contributed by atoms with Gasteiger partial charge in [0.2, 0.25) is 0 Å². The van der Waals surface area contributed by atoms with E-state index in [1.54, 1.807) is 12.4 Å². The predicted molar refractivity (Wildman–Crippen MR) is 67.7 cm³/mol. The number of rotatable bonds is 2. The van der Waals surface area contributed by atoms with Crippen LogP contribution in [-0.4, -0.2) is 10.1 Å². The van der Waals surface area contributed by atoms with Crippen molar-refractivity contribution in [3.63, 3.8) is 0 Å². The van der Waals surface area contributed by atoms with Gasteiger partial charge in [-0.2, -0.15) is 0 Å². The van der Waals surface area contributed by atoms with Crippen molar-refractivity contribution in [2.24, 2.45) is 11.8 Å². The molecule has 4 rings (SSSR count). The summed E-state index contributed by atoms with van der Waals surface area (Å²) in [4.78, 5) is 4.04. The lowest BCUT2D eigenvalue weighted by Crippen LogP contribution is -1.92. The summed E-state index contributed by atoms with van der Waals surface area (Å²) in [6.45, 7) is 0. The maximum absolute atomic E-state index is 5.96. The Balaban J connectivity index is 1.77. The van der Waals surface area contributed by atoms with E-state index >= 15 is 0 Å². The van der Waals surface area contributed by atoms with Crippen LogP contribution in [0.3, 0.4) is 0 Å². The highest BCUT2D eigenvalue weighted by molar-refractivity contribution is 5.76. The second-order valence-electron chi connectivity index (χ2n) is 5.33. The van der Waals surface area contributed by atoms with Gasteiger partial charge in [-0.25, -0.2) is 0 Å². The van der Waals surface area contributed by atoms with E-state index in [2.05, 4.69) is 10.1 Å². The fourth-order valence-corrected chi connectivity index (χ4v) is 3.56. The minimum absolute atomic E-state index is 0.501. The molecular formula is C14H15N3O. The van der Waals surface area contributed by atoms with Gasteiger partial charge < -0.3 is 10.3 Å². The lowest BCUT2D eigenvalue weighted by molar-refractivity contribution is 0.376. The molecule has 0 spiro atoms. The molecule has 0 saturated heterocycles. The van der Waals surface area contributed by atoms with E-state index in [0.29, 0.717) is 11.7 Å². The zero-order chi connectivity index (χ0) is 12.1. The first-order chi connectivity index (χ1) is 8.86. The summed E-state index contributed by atoms with van der Waals surface area (Å²) in [7, 11) is 0. The third kappa shape index (κ3) is 1.32. The van der Waals surface area contributed by atoms with Gasteiger partial charge in [-0.3, -0.25) is 4.98 Å². The molecule has 2 unspecified atom stereocenters. The van der Waals surface area contributed by atoms with Crippen LogP contribution in [-0.2, 0) is 0 Å². The molecule has 0 bridgehead atoms. The maximum Gasteiger partial charge on any atom is 0.175 e. The molecule has 18 heavy (non-hydrogen) atoms. The monoisotopic (exact) mass is 241 g/mol. The molecule has 2 aromatic heterocycles. The first kappa shape index (κ1) is 10.1. The van der Waals surface area contributed by atoms with E-state index in [4.69, 9.17) is 10.3 Å². The molecule has 2 saturated carbocycles. The van der Waals surface area contributed by atoms with Crippen LogP contribution in [0.5, 0.6) is 0 Å². The van der Waals surface area contributed by atoms with Crippen molar-refractivity contribution in [1.29, 1.82) is 0 Å². The maximum atomic E-state index is 5.96. The Morgan fingerprint density at radius 3 is 2.61 bits per heavy atom. The van der Waals surface area contributed by atoms with Crippen LogP contribution in [0.4, 0.5) is 5.82 Å². The number of nitrogens with two attached hydrogens (primary N) is 1. The first-order valence-electron chi connectivity index (χ1n) is 6.51. The van der Waals surface area contributed by atoms with Gasteiger partial charge in [0.1, 0.15) is 5.76 Å². The zero-order valence-corrected chi connectivity index (χ0v) is 10.0. The van der Waals surface area contributed by atoms with Crippen molar-refractivity contribution in [2.45, 2.75) is 25.2 Å². The summed E-state index contributed by atoms with van der Waals surface area (Å²) < 4.78 is 5.51. The number of fused-ring (bicyclic) bond motifs is 1. The van der Waals surface area contributed by atoms with Gasteiger partial charge in [-0.05, 0) is 42.4 Å². The summed E-state index contributed by atoms with van der Waals surface area (Å²) in [5, 5.41) is 3.96. The molecule has 92 valence electrons. The Hall–Kier alpha value is -1.84. The quantitative estimate of drug-likeness (QED) is 0.878. The number of anilines is 1. The average molecular weight is 241 g/mol. The number of pyridine rings is 1. The van der Waals surface area contributed by atoms with Crippen LogP contribution in [0.25, 0.3) is 11.1 Å². The Kier molecular flexibility index (Phi) is 2.01. The smallest absolute Gasteiger partial charge is 0.175 e. The molecule has 2 aromatic rings. The van der Waals surface area contributed by atoms with E-state index in [9.17, 15) is 0 Å². The number of hydrogen-bond donors (Lipinski definition) is 1. The third-order valence-corrected chi connectivity index (χ3v) is 4.42. The molecule has 2 N–H and O–H groups in total. The van der Waals surface area contributed by atoms with Crippen molar-refractivity contribution in [3.8, 4) is 11.1 Å². The van der Waals surface area contributed by atoms with Crippen molar-refractivity contribution in [1.82, 2.24) is 10.1 Å². The molecule has 0 aliphatic heterocycles. The topological polar surface area (TPSA) is 64.9 Å². The van der Waals surface area contributed by atoms with Gasteiger partial charge in [-0.15, -0.1) is 0 Å². The van der Waals surface area contributed by atoms with Gasteiger partial charge >= 0.3 is 0 Å². The van der Waals surface area contributed by atoms with Crippen LogP contribution in [0.2, 0.25) is 0 Å². The van der Waals surface area contributed by atoms with Crippen molar-refractivity contribution in [2.75, 3.05) is 5.73 Å². The van der Waals surface area contributed by atoms with Crippen molar-refractivity contribution >= 4 is 5.82 Å². The molecule has 2 atom stereocenters. The van der Waals surface area contributed by atoms with Crippen LogP contribution in [0.1, 0.15) is 30.9 Å².